The van der Waals surface area contributed by atoms with Gasteiger partial charge in [-0.25, -0.2) is 9.98 Å². The molecular weight excluding hydrogens is 250 g/mol. The zero-order chi connectivity index (χ0) is 14.5. The number of hydrogen-bond acceptors (Lipinski definition) is 5. The van der Waals surface area contributed by atoms with Crippen molar-refractivity contribution >= 4 is 11.9 Å². The number of hydrogen-bond donors (Lipinski definition) is 1. The van der Waals surface area contributed by atoms with Crippen LogP contribution >= 0.6 is 0 Å². The molecule has 5 heteroatoms. The summed E-state index contributed by atoms with van der Waals surface area (Å²) < 4.78 is 0. The lowest BCUT2D eigenvalue weighted by atomic mass is 10.1. The van der Waals surface area contributed by atoms with Crippen molar-refractivity contribution in [2.24, 2.45) is 9.98 Å². The van der Waals surface area contributed by atoms with Crippen molar-refractivity contribution in [1.29, 1.82) is 0 Å². The molecule has 0 aromatic heterocycles. The van der Waals surface area contributed by atoms with E-state index in [1.807, 2.05) is 32.0 Å². The van der Waals surface area contributed by atoms with Crippen LogP contribution in [-0.2, 0) is 6.42 Å². The van der Waals surface area contributed by atoms with Crippen LogP contribution in [0.5, 0.6) is 0 Å². The van der Waals surface area contributed by atoms with E-state index in [1.165, 1.54) is 5.56 Å². The van der Waals surface area contributed by atoms with Gasteiger partial charge in [0.25, 0.3) is 0 Å². The zero-order valence-corrected chi connectivity index (χ0v) is 12.7. The molecule has 108 valence electrons. The number of nitrogens with one attached hydrogen (secondary N) is 1. The SMILES string of the molecule is CNC1=NC(C)N=C(N(C)CCc2ccccc2)N1C. The molecule has 0 spiro atoms. The van der Waals surface area contributed by atoms with Gasteiger partial charge in [-0.3, -0.25) is 4.90 Å². The van der Waals surface area contributed by atoms with Crippen molar-refractivity contribution < 1.29 is 0 Å². The van der Waals surface area contributed by atoms with Gasteiger partial charge in [-0.15, -0.1) is 0 Å². The van der Waals surface area contributed by atoms with Gasteiger partial charge in [-0.1, -0.05) is 30.3 Å². The van der Waals surface area contributed by atoms with E-state index in [9.17, 15) is 0 Å². The standard InChI is InChI=1S/C15H23N5/c1-12-17-14(16-2)20(4)15(18-12)19(3)11-10-13-8-6-5-7-9-13/h5-9,12H,10-11H2,1-4H3,(H,16,17). The van der Waals surface area contributed by atoms with Crippen molar-refractivity contribution in [2.45, 2.75) is 19.5 Å². The van der Waals surface area contributed by atoms with Crippen LogP contribution in [0.25, 0.3) is 0 Å². The van der Waals surface area contributed by atoms with Gasteiger partial charge in [-0.2, -0.15) is 0 Å². The summed E-state index contributed by atoms with van der Waals surface area (Å²) in [5, 5.41) is 3.11. The molecule has 0 saturated heterocycles. The zero-order valence-electron chi connectivity index (χ0n) is 12.7. The lowest BCUT2D eigenvalue weighted by molar-refractivity contribution is 0.435. The molecule has 0 aliphatic carbocycles. The van der Waals surface area contributed by atoms with Crippen molar-refractivity contribution in [2.75, 3.05) is 27.7 Å². The summed E-state index contributed by atoms with van der Waals surface area (Å²) in [5.41, 5.74) is 1.34. The number of likely N-dealkylation sites (N-methyl/N-ethyl adjacent to an activating group) is 1. The Kier molecular flexibility index (Phi) is 4.61. The van der Waals surface area contributed by atoms with Gasteiger partial charge < -0.3 is 10.2 Å². The molecule has 1 aliphatic rings. The maximum atomic E-state index is 4.61. The highest BCUT2D eigenvalue weighted by Crippen LogP contribution is 2.08. The monoisotopic (exact) mass is 273 g/mol. The van der Waals surface area contributed by atoms with Gasteiger partial charge in [-0.05, 0) is 18.9 Å². The van der Waals surface area contributed by atoms with Crippen molar-refractivity contribution in [3.05, 3.63) is 35.9 Å². The molecule has 1 heterocycles. The smallest absolute Gasteiger partial charge is 0.205 e. The fraction of sp³-hybridized carbons (Fsp3) is 0.467. The van der Waals surface area contributed by atoms with Crippen LogP contribution in [0.15, 0.2) is 40.3 Å². The Morgan fingerprint density at radius 2 is 1.95 bits per heavy atom. The van der Waals surface area contributed by atoms with E-state index in [0.717, 1.165) is 24.9 Å². The molecule has 0 bridgehead atoms. The molecule has 1 aliphatic heterocycles. The maximum absolute atomic E-state index is 4.61. The van der Waals surface area contributed by atoms with Crippen LogP contribution in [0.4, 0.5) is 0 Å². The average molecular weight is 273 g/mol. The molecular formula is C15H23N5. The largest absolute Gasteiger partial charge is 0.359 e. The predicted octanol–water partition coefficient (Wildman–Crippen LogP) is 1.38. The molecule has 1 N–H and O–H groups in total. The van der Waals surface area contributed by atoms with E-state index < -0.39 is 0 Å². The van der Waals surface area contributed by atoms with Crippen LogP contribution in [0.1, 0.15) is 12.5 Å². The van der Waals surface area contributed by atoms with E-state index in [-0.39, 0.29) is 6.17 Å². The molecule has 1 unspecified atom stereocenters. The molecule has 0 fully saturated rings. The summed E-state index contributed by atoms with van der Waals surface area (Å²) in [6, 6.07) is 10.5. The average Bonchev–Trinajstić information content (AvgIpc) is 2.47. The van der Waals surface area contributed by atoms with E-state index in [4.69, 9.17) is 0 Å². The fourth-order valence-corrected chi connectivity index (χ4v) is 2.27. The highest BCUT2D eigenvalue weighted by atomic mass is 15.5. The van der Waals surface area contributed by atoms with Crippen LogP contribution < -0.4 is 5.32 Å². The van der Waals surface area contributed by atoms with Gasteiger partial charge in [0.2, 0.25) is 11.9 Å². The minimum Gasteiger partial charge on any atom is -0.359 e. The number of rotatable bonds is 3. The summed E-state index contributed by atoms with van der Waals surface area (Å²) in [5.74, 6) is 1.81. The first-order chi connectivity index (χ1) is 9.61. The molecule has 20 heavy (non-hydrogen) atoms. The second-order valence-electron chi connectivity index (χ2n) is 4.98. The van der Waals surface area contributed by atoms with Gasteiger partial charge in [0.15, 0.2) is 0 Å². The topological polar surface area (TPSA) is 43.2 Å². The maximum Gasteiger partial charge on any atom is 0.205 e. The van der Waals surface area contributed by atoms with Crippen molar-refractivity contribution in [3.8, 4) is 0 Å². The second-order valence-corrected chi connectivity index (χ2v) is 4.98. The summed E-state index contributed by atoms with van der Waals surface area (Å²) in [7, 11) is 5.94. The number of aliphatic imine (C=N–C) groups is 2. The Labute approximate surface area is 121 Å². The molecule has 1 aromatic carbocycles. The lowest BCUT2D eigenvalue weighted by Gasteiger charge is -2.33. The molecule has 0 radical (unpaired) electrons. The number of benzene rings is 1. The first-order valence-corrected chi connectivity index (χ1v) is 6.94. The first-order valence-electron chi connectivity index (χ1n) is 6.94. The van der Waals surface area contributed by atoms with E-state index in [0.29, 0.717) is 0 Å². The normalized spacial score (nSPS) is 18.4. The number of guanidine groups is 2. The molecule has 1 aromatic rings. The Balaban J connectivity index is 2.00. The van der Waals surface area contributed by atoms with E-state index in [2.05, 4.69) is 51.5 Å². The quantitative estimate of drug-likeness (QED) is 0.905. The summed E-state index contributed by atoms with van der Waals surface area (Å²) in [6.45, 7) is 2.92. The first kappa shape index (κ1) is 14.4. The third kappa shape index (κ3) is 3.29. The van der Waals surface area contributed by atoms with Gasteiger partial charge >= 0.3 is 0 Å². The highest BCUT2D eigenvalue weighted by molar-refractivity contribution is 5.99. The van der Waals surface area contributed by atoms with Crippen molar-refractivity contribution in [3.63, 3.8) is 0 Å². The predicted molar refractivity (Wildman–Crippen MR) is 83.9 cm³/mol. The van der Waals surface area contributed by atoms with Crippen LogP contribution in [0, 0.1) is 0 Å². The van der Waals surface area contributed by atoms with Crippen LogP contribution in [-0.4, -0.2) is 55.6 Å². The second kappa shape index (κ2) is 6.41. The molecule has 2 rings (SSSR count). The minimum atomic E-state index is -0.0391. The molecule has 5 nitrogen and oxygen atoms in total. The van der Waals surface area contributed by atoms with E-state index in [1.54, 1.807) is 0 Å². The molecule has 1 atom stereocenters. The highest BCUT2D eigenvalue weighted by Gasteiger charge is 2.21. The van der Waals surface area contributed by atoms with Gasteiger partial charge in [0, 0.05) is 27.7 Å². The molecule has 0 saturated carbocycles. The van der Waals surface area contributed by atoms with E-state index >= 15 is 0 Å². The van der Waals surface area contributed by atoms with Crippen molar-refractivity contribution in [1.82, 2.24) is 15.1 Å². The summed E-state index contributed by atoms with van der Waals surface area (Å²) in [4.78, 5) is 13.2. The lowest BCUT2D eigenvalue weighted by Crippen LogP contribution is -2.51. The Morgan fingerprint density at radius 3 is 2.60 bits per heavy atom. The molecule has 0 amide bonds. The summed E-state index contributed by atoms with van der Waals surface area (Å²) in [6.07, 6.45) is 0.966. The third-order valence-electron chi connectivity index (χ3n) is 3.37. The Bertz CT molecular complexity index is 494. The van der Waals surface area contributed by atoms with Gasteiger partial charge in [0.1, 0.15) is 6.17 Å². The Hall–Kier alpha value is -2.04. The van der Waals surface area contributed by atoms with Gasteiger partial charge in [0.05, 0.1) is 0 Å². The Morgan fingerprint density at radius 1 is 1.25 bits per heavy atom. The summed E-state index contributed by atoms with van der Waals surface area (Å²) >= 11 is 0. The van der Waals surface area contributed by atoms with Crippen LogP contribution in [0.2, 0.25) is 0 Å². The number of nitrogens with zero attached hydrogens (tertiary/aromatic N) is 4. The van der Waals surface area contributed by atoms with Crippen LogP contribution in [0.3, 0.4) is 0 Å². The minimum absolute atomic E-state index is 0.0391. The fourth-order valence-electron chi connectivity index (χ4n) is 2.27. The third-order valence-corrected chi connectivity index (χ3v) is 3.37.